The van der Waals surface area contributed by atoms with Gasteiger partial charge >= 0.3 is 0 Å². The lowest BCUT2D eigenvalue weighted by Crippen LogP contribution is -2.14. The Morgan fingerprint density at radius 1 is 1.22 bits per heavy atom. The Balaban J connectivity index is 1.48. The number of furan rings is 1. The predicted molar refractivity (Wildman–Crippen MR) is 108 cm³/mol. The maximum absolute atomic E-state index is 12.2. The molecule has 0 atom stereocenters. The van der Waals surface area contributed by atoms with Gasteiger partial charge in [-0.3, -0.25) is 4.79 Å². The molecule has 1 aromatic carbocycles. The fourth-order valence-electron chi connectivity index (χ4n) is 2.03. The number of nitrogens with one attached hydrogen (secondary N) is 2. The van der Waals surface area contributed by atoms with Gasteiger partial charge in [-0.15, -0.1) is 22.0 Å². The average Bonchev–Trinajstić information content (AvgIpc) is 3.36. The van der Waals surface area contributed by atoms with Crippen molar-refractivity contribution < 1.29 is 9.21 Å². The van der Waals surface area contributed by atoms with Crippen molar-refractivity contribution in [1.82, 2.24) is 10.2 Å². The van der Waals surface area contributed by atoms with Crippen LogP contribution in [0.15, 0.2) is 56.3 Å². The number of anilines is 2. The van der Waals surface area contributed by atoms with Crippen molar-refractivity contribution in [2.75, 3.05) is 22.1 Å². The Bertz CT molecular complexity index is 921. The van der Waals surface area contributed by atoms with Crippen molar-refractivity contribution in [1.29, 1.82) is 5.26 Å². The third-order valence-corrected chi connectivity index (χ3v) is 6.14. The highest BCUT2D eigenvalue weighted by molar-refractivity contribution is 8.01. The summed E-state index contributed by atoms with van der Waals surface area (Å²) in [5.74, 6) is 1.24. The van der Waals surface area contributed by atoms with E-state index in [1.165, 1.54) is 34.9 Å². The summed E-state index contributed by atoms with van der Waals surface area (Å²) in [6.07, 6.45) is 1.62. The maximum Gasteiger partial charge on any atom is 0.234 e. The van der Waals surface area contributed by atoms with Crippen LogP contribution < -0.4 is 10.6 Å². The van der Waals surface area contributed by atoms with Crippen LogP contribution in [0.2, 0.25) is 0 Å². The van der Waals surface area contributed by atoms with E-state index in [4.69, 9.17) is 9.68 Å². The van der Waals surface area contributed by atoms with Crippen LogP contribution in [-0.4, -0.2) is 27.6 Å². The number of benzene rings is 1. The minimum Gasteiger partial charge on any atom is -0.467 e. The minimum atomic E-state index is -0.134. The molecule has 0 saturated carbocycles. The Morgan fingerprint density at radius 3 is 2.93 bits per heavy atom. The van der Waals surface area contributed by atoms with E-state index in [0.717, 1.165) is 10.7 Å². The number of nitriles is 1. The quantitative estimate of drug-likeness (QED) is 0.502. The predicted octanol–water partition coefficient (Wildman–Crippen LogP) is 4.09. The van der Waals surface area contributed by atoms with E-state index >= 15 is 0 Å². The third-order valence-electron chi connectivity index (χ3n) is 3.18. The van der Waals surface area contributed by atoms with Gasteiger partial charge in [0.15, 0.2) is 4.34 Å². The van der Waals surface area contributed by atoms with Gasteiger partial charge < -0.3 is 15.1 Å². The highest BCUT2D eigenvalue weighted by Crippen LogP contribution is 2.28. The average molecular weight is 418 g/mol. The molecule has 10 heteroatoms. The van der Waals surface area contributed by atoms with Gasteiger partial charge in [0.05, 0.1) is 36.1 Å². The van der Waals surface area contributed by atoms with Gasteiger partial charge in [0, 0.05) is 4.90 Å². The van der Waals surface area contributed by atoms with E-state index in [1.807, 2.05) is 36.4 Å². The molecule has 2 aromatic heterocycles. The van der Waals surface area contributed by atoms with Crippen LogP contribution in [0.4, 0.5) is 10.8 Å². The Morgan fingerprint density at radius 2 is 2.11 bits per heavy atom. The molecule has 0 radical (unpaired) electrons. The standard InChI is InChI=1S/C17H15N5O2S3/c18-7-9-25-14-6-2-1-5-13(14)20-15(23)11-26-17-22-21-16(27-17)19-10-12-4-3-8-24-12/h1-6,8H,9-11H2,(H,19,21)(H,20,23). The Kier molecular flexibility index (Phi) is 7.15. The van der Waals surface area contributed by atoms with Gasteiger partial charge in [-0.2, -0.15) is 5.26 Å². The zero-order chi connectivity index (χ0) is 18.9. The highest BCUT2D eigenvalue weighted by atomic mass is 32.2. The summed E-state index contributed by atoms with van der Waals surface area (Å²) in [5, 5.41) is 23.5. The summed E-state index contributed by atoms with van der Waals surface area (Å²) in [6, 6.07) is 13.2. The topological polar surface area (TPSA) is 104 Å². The zero-order valence-electron chi connectivity index (χ0n) is 14.0. The number of amides is 1. The molecular formula is C17H15N5O2S3. The van der Waals surface area contributed by atoms with Crippen molar-refractivity contribution in [3.63, 3.8) is 0 Å². The van der Waals surface area contributed by atoms with E-state index in [2.05, 4.69) is 26.9 Å². The summed E-state index contributed by atoms with van der Waals surface area (Å²) in [5.41, 5.74) is 0.710. The van der Waals surface area contributed by atoms with Gasteiger partial charge in [0.1, 0.15) is 5.76 Å². The molecule has 0 unspecified atom stereocenters. The molecule has 27 heavy (non-hydrogen) atoms. The monoisotopic (exact) mass is 417 g/mol. The minimum absolute atomic E-state index is 0.134. The number of carbonyl (C=O) groups excluding carboxylic acids is 1. The maximum atomic E-state index is 12.2. The second-order valence-corrected chi connectivity index (χ2v) is 8.30. The second kappa shape index (κ2) is 10.0. The molecule has 0 aliphatic carbocycles. The smallest absolute Gasteiger partial charge is 0.234 e. The first-order valence-electron chi connectivity index (χ1n) is 7.86. The fourth-order valence-corrected chi connectivity index (χ4v) is 4.25. The lowest BCUT2D eigenvalue weighted by Gasteiger charge is -2.08. The van der Waals surface area contributed by atoms with Crippen molar-refractivity contribution in [2.24, 2.45) is 0 Å². The molecule has 2 N–H and O–H groups in total. The van der Waals surface area contributed by atoms with Crippen molar-refractivity contribution >= 4 is 51.6 Å². The molecule has 0 bridgehead atoms. The Labute approximate surface area is 168 Å². The summed E-state index contributed by atoms with van der Waals surface area (Å²) < 4.78 is 5.96. The molecule has 0 spiro atoms. The number of carbonyl (C=O) groups is 1. The molecule has 0 fully saturated rings. The lowest BCUT2D eigenvalue weighted by atomic mass is 10.3. The van der Waals surface area contributed by atoms with E-state index in [9.17, 15) is 4.79 Å². The summed E-state index contributed by atoms with van der Waals surface area (Å²) in [6.45, 7) is 0.532. The molecule has 0 aliphatic rings. The molecule has 7 nitrogen and oxygen atoms in total. The molecular weight excluding hydrogens is 402 g/mol. The summed E-state index contributed by atoms with van der Waals surface area (Å²) >= 11 is 4.10. The van der Waals surface area contributed by atoms with E-state index in [-0.39, 0.29) is 11.7 Å². The third kappa shape index (κ3) is 6.02. The molecule has 3 rings (SSSR count). The molecule has 0 saturated heterocycles. The number of aromatic nitrogens is 2. The molecule has 1 amide bonds. The van der Waals surface area contributed by atoms with Crippen molar-refractivity contribution in [2.45, 2.75) is 15.8 Å². The van der Waals surface area contributed by atoms with Crippen LogP contribution in [0.5, 0.6) is 0 Å². The first-order valence-corrected chi connectivity index (χ1v) is 10.6. The summed E-state index contributed by atoms with van der Waals surface area (Å²) in [4.78, 5) is 13.1. The number of thioether (sulfide) groups is 2. The molecule has 0 aliphatic heterocycles. The van der Waals surface area contributed by atoms with E-state index in [0.29, 0.717) is 27.5 Å². The van der Waals surface area contributed by atoms with Gasteiger partial charge in [-0.25, -0.2) is 0 Å². The first kappa shape index (κ1) is 19.3. The van der Waals surface area contributed by atoms with Crippen LogP contribution in [0, 0.1) is 11.3 Å². The zero-order valence-corrected chi connectivity index (χ0v) is 16.5. The molecule has 138 valence electrons. The van der Waals surface area contributed by atoms with Crippen molar-refractivity contribution in [3.05, 3.63) is 48.4 Å². The largest absolute Gasteiger partial charge is 0.467 e. The first-order chi connectivity index (χ1) is 13.2. The van der Waals surface area contributed by atoms with Gasteiger partial charge in [0.25, 0.3) is 0 Å². The van der Waals surface area contributed by atoms with E-state index < -0.39 is 0 Å². The van der Waals surface area contributed by atoms with Crippen LogP contribution in [0.25, 0.3) is 0 Å². The van der Waals surface area contributed by atoms with Gasteiger partial charge in [-0.05, 0) is 24.3 Å². The Hall–Kier alpha value is -2.48. The normalized spacial score (nSPS) is 10.3. The van der Waals surface area contributed by atoms with Gasteiger partial charge in [-0.1, -0.05) is 35.2 Å². The second-order valence-electron chi connectivity index (χ2n) is 5.09. The number of rotatable bonds is 9. The van der Waals surface area contributed by atoms with Crippen LogP contribution in [0.3, 0.4) is 0 Å². The number of hydrogen-bond donors (Lipinski definition) is 2. The number of hydrogen-bond acceptors (Lipinski definition) is 9. The van der Waals surface area contributed by atoms with Crippen LogP contribution >= 0.6 is 34.9 Å². The summed E-state index contributed by atoms with van der Waals surface area (Å²) in [7, 11) is 0. The van der Waals surface area contributed by atoms with Crippen LogP contribution in [-0.2, 0) is 11.3 Å². The molecule has 2 heterocycles. The number of para-hydroxylation sites is 1. The highest BCUT2D eigenvalue weighted by Gasteiger charge is 2.10. The molecule has 3 aromatic rings. The van der Waals surface area contributed by atoms with Gasteiger partial charge in [0.2, 0.25) is 11.0 Å². The SMILES string of the molecule is N#CCSc1ccccc1NC(=O)CSc1nnc(NCc2ccco2)s1. The van der Waals surface area contributed by atoms with Crippen molar-refractivity contribution in [3.8, 4) is 6.07 Å². The fraction of sp³-hybridized carbons (Fsp3) is 0.176. The lowest BCUT2D eigenvalue weighted by molar-refractivity contribution is -0.113. The van der Waals surface area contributed by atoms with Crippen LogP contribution in [0.1, 0.15) is 5.76 Å². The van der Waals surface area contributed by atoms with E-state index in [1.54, 1.807) is 6.26 Å². The number of nitrogens with zero attached hydrogens (tertiary/aromatic N) is 3.